The van der Waals surface area contributed by atoms with Crippen molar-refractivity contribution in [3.8, 4) is 0 Å². The molecule has 1 fully saturated rings. The summed E-state index contributed by atoms with van der Waals surface area (Å²) in [4.78, 5) is 2.04. The van der Waals surface area contributed by atoms with E-state index in [0.29, 0.717) is 18.7 Å². The van der Waals surface area contributed by atoms with Crippen molar-refractivity contribution in [3.63, 3.8) is 0 Å². The minimum Gasteiger partial charge on any atom is -0.396 e. The van der Waals surface area contributed by atoms with E-state index in [2.05, 4.69) is 0 Å². The Morgan fingerprint density at radius 2 is 2.05 bits per heavy atom. The summed E-state index contributed by atoms with van der Waals surface area (Å²) in [7, 11) is 0. The van der Waals surface area contributed by atoms with Gasteiger partial charge in [0.1, 0.15) is 5.82 Å². The predicted octanol–water partition coefficient (Wildman–Crippen LogP) is 3.83. The van der Waals surface area contributed by atoms with Crippen molar-refractivity contribution < 1.29 is 22.7 Å². The highest BCUT2D eigenvalue weighted by atomic mass is 19.4. The van der Waals surface area contributed by atoms with Gasteiger partial charge in [-0.15, -0.1) is 0 Å². The molecular formula is C16H21F4NO. The van der Waals surface area contributed by atoms with Crippen LogP contribution in [0.3, 0.4) is 0 Å². The van der Waals surface area contributed by atoms with Crippen LogP contribution in [0.5, 0.6) is 0 Å². The Labute approximate surface area is 127 Å². The van der Waals surface area contributed by atoms with E-state index in [1.165, 1.54) is 6.07 Å². The molecule has 22 heavy (non-hydrogen) atoms. The molecule has 0 spiro atoms. The van der Waals surface area contributed by atoms with E-state index in [9.17, 15) is 22.7 Å². The molecular weight excluding hydrogens is 298 g/mol. The highest BCUT2D eigenvalue weighted by molar-refractivity contribution is 5.27. The largest absolute Gasteiger partial charge is 0.419 e. The molecule has 0 bridgehead atoms. The number of halogens is 4. The highest BCUT2D eigenvalue weighted by Gasteiger charge is 2.35. The zero-order valence-electron chi connectivity index (χ0n) is 12.6. The van der Waals surface area contributed by atoms with Crippen LogP contribution in [0.25, 0.3) is 0 Å². The van der Waals surface area contributed by atoms with Crippen molar-refractivity contribution in [1.29, 1.82) is 0 Å². The lowest BCUT2D eigenvalue weighted by Crippen LogP contribution is -2.44. The highest BCUT2D eigenvalue weighted by Crippen LogP contribution is 2.35. The normalized spacial score (nSPS) is 23.7. The van der Waals surface area contributed by atoms with E-state index in [0.717, 1.165) is 37.9 Å². The van der Waals surface area contributed by atoms with Gasteiger partial charge in [0.25, 0.3) is 0 Å². The minimum atomic E-state index is -4.68. The second kappa shape index (κ2) is 6.54. The summed E-state index contributed by atoms with van der Waals surface area (Å²) in [6.45, 7) is 3.86. The number of hydrogen-bond donors (Lipinski definition) is 1. The third-order valence-electron chi connectivity index (χ3n) is 4.57. The fraction of sp³-hybridized carbons (Fsp3) is 0.625. The summed E-state index contributed by atoms with van der Waals surface area (Å²) in [6.07, 6.45) is -2.02. The molecule has 1 unspecified atom stereocenters. The SMILES string of the molecule is CCC1(CO)CCCN(Cc2ccc(F)c(C(F)(F)F)c2)C1. The summed E-state index contributed by atoms with van der Waals surface area (Å²) < 4.78 is 51.6. The molecule has 1 aliphatic rings. The van der Waals surface area contributed by atoms with Gasteiger partial charge < -0.3 is 5.11 Å². The van der Waals surface area contributed by atoms with Crippen LogP contribution >= 0.6 is 0 Å². The zero-order chi connectivity index (χ0) is 16.4. The average Bonchev–Trinajstić information content (AvgIpc) is 2.48. The van der Waals surface area contributed by atoms with Gasteiger partial charge in [-0.2, -0.15) is 13.2 Å². The molecule has 1 aromatic carbocycles. The molecule has 0 aliphatic carbocycles. The summed E-state index contributed by atoms with van der Waals surface area (Å²) in [5.74, 6) is -1.24. The Bertz CT molecular complexity index is 511. The molecule has 0 amide bonds. The lowest BCUT2D eigenvalue weighted by molar-refractivity contribution is -0.140. The number of aliphatic hydroxyl groups excluding tert-OH is 1. The Morgan fingerprint density at radius 3 is 2.64 bits per heavy atom. The molecule has 1 atom stereocenters. The van der Waals surface area contributed by atoms with Gasteiger partial charge >= 0.3 is 6.18 Å². The van der Waals surface area contributed by atoms with Crippen LogP contribution in [-0.4, -0.2) is 29.7 Å². The molecule has 1 N–H and O–H groups in total. The van der Waals surface area contributed by atoms with Crippen LogP contribution in [0, 0.1) is 11.2 Å². The lowest BCUT2D eigenvalue weighted by Gasteiger charge is -2.41. The Balaban J connectivity index is 2.14. The van der Waals surface area contributed by atoms with E-state index in [1.807, 2.05) is 11.8 Å². The first-order valence-electron chi connectivity index (χ1n) is 7.48. The molecule has 1 heterocycles. The number of likely N-dealkylation sites (tertiary alicyclic amines) is 1. The van der Waals surface area contributed by atoms with Crippen LogP contribution in [0.15, 0.2) is 18.2 Å². The Hall–Kier alpha value is -1.14. The third kappa shape index (κ3) is 3.79. The molecule has 0 aromatic heterocycles. The number of aliphatic hydroxyl groups is 1. The number of hydrogen-bond acceptors (Lipinski definition) is 2. The molecule has 0 saturated carbocycles. The smallest absolute Gasteiger partial charge is 0.396 e. The fourth-order valence-electron chi connectivity index (χ4n) is 3.12. The van der Waals surface area contributed by atoms with E-state index in [1.54, 1.807) is 0 Å². The van der Waals surface area contributed by atoms with Crippen LogP contribution in [-0.2, 0) is 12.7 Å². The Kier molecular flexibility index (Phi) is 5.12. The quantitative estimate of drug-likeness (QED) is 0.853. The number of benzene rings is 1. The van der Waals surface area contributed by atoms with Gasteiger partial charge in [0.15, 0.2) is 0 Å². The zero-order valence-corrected chi connectivity index (χ0v) is 12.6. The third-order valence-corrected chi connectivity index (χ3v) is 4.57. The van der Waals surface area contributed by atoms with Gasteiger partial charge in [-0.25, -0.2) is 4.39 Å². The van der Waals surface area contributed by atoms with Crippen molar-refractivity contribution in [3.05, 3.63) is 35.1 Å². The molecule has 1 aliphatic heterocycles. The molecule has 2 nitrogen and oxygen atoms in total. The summed E-state index contributed by atoms with van der Waals surface area (Å²) in [5, 5.41) is 9.59. The van der Waals surface area contributed by atoms with Crippen molar-refractivity contribution in [2.24, 2.45) is 5.41 Å². The van der Waals surface area contributed by atoms with Crippen LogP contribution < -0.4 is 0 Å². The van der Waals surface area contributed by atoms with Gasteiger partial charge in [-0.1, -0.05) is 13.0 Å². The number of alkyl halides is 3. The van der Waals surface area contributed by atoms with Gasteiger partial charge in [0.2, 0.25) is 0 Å². The average molecular weight is 319 g/mol. The molecule has 2 rings (SSSR count). The van der Waals surface area contributed by atoms with Gasteiger partial charge in [0, 0.05) is 25.1 Å². The first kappa shape index (κ1) is 17.2. The van der Waals surface area contributed by atoms with Gasteiger partial charge in [-0.05, 0) is 43.5 Å². The molecule has 6 heteroatoms. The second-order valence-corrected chi connectivity index (χ2v) is 6.14. The van der Waals surface area contributed by atoms with E-state index in [-0.39, 0.29) is 12.0 Å². The van der Waals surface area contributed by atoms with E-state index >= 15 is 0 Å². The maximum Gasteiger partial charge on any atom is 0.419 e. The molecule has 1 aromatic rings. The van der Waals surface area contributed by atoms with E-state index < -0.39 is 17.6 Å². The fourth-order valence-corrected chi connectivity index (χ4v) is 3.12. The maximum absolute atomic E-state index is 13.3. The van der Waals surface area contributed by atoms with Crippen molar-refractivity contribution in [2.75, 3.05) is 19.7 Å². The summed E-state index contributed by atoms with van der Waals surface area (Å²) >= 11 is 0. The topological polar surface area (TPSA) is 23.5 Å². The molecule has 1 saturated heterocycles. The van der Waals surface area contributed by atoms with Crippen molar-refractivity contribution >= 4 is 0 Å². The number of rotatable bonds is 4. The lowest BCUT2D eigenvalue weighted by atomic mass is 9.78. The van der Waals surface area contributed by atoms with Crippen molar-refractivity contribution in [2.45, 2.75) is 38.9 Å². The monoisotopic (exact) mass is 319 g/mol. The summed E-state index contributed by atoms with van der Waals surface area (Å²) in [5.41, 5.74) is -0.949. The predicted molar refractivity (Wildman–Crippen MR) is 75.7 cm³/mol. The van der Waals surface area contributed by atoms with Crippen molar-refractivity contribution in [1.82, 2.24) is 4.90 Å². The minimum absolute atomic E-state index is 0.0806. The summed E-state index contributed by atoms with van der Waals surface area (Å²) in [6, 6.07) is 3.16. The van der Waals surface area contributed by atoms with Gasteiger partial charge in [0.05, 0.1) is 5.56 Å². The Morgan fingerprint density at radius 1 is 1.32 bits per heavy atom. The maximum atomic E-state index is 13.3. The molecule has 0 radical (unpaired) electrons. The van der Waals surface area contributed by atoms with Crippen LogP contribution in [0.2, 0.25) is 0 Å². The van der Waals surface area contributed by atoms with E-state index in [4.69, 9.17) is 0 Å². The second-order valence-electron chi connectivity index (χ2n) is 6.14. The first-order valence-corrected chi connectivity index (χ1v) is 7.48. The van der Waals surface area contributed by atoms with Crippen LogP contribution in [0.4, 0.5) is 17.6 Å². The molecule has 124 valence electrons. The number of piperidine rings is 1. The van der Waals surface area contributed by atoms with Gasteiger partial charge in [-0.3, -0.25) is 4.90 Å². The first-order chi connectivity index (χ1) is 10.3. The number of nitrogens with zero attached hydrogens (tertiary/aromatic N) is 1. The standard InChI is InChI=1S/C16H21F4NO/c1-2-15(11-22)6-3-7-21(10-15)9-12-4-5-14(17)13(8-12)16(18,19)20/h4-5,8,22H,2-3,6-7,9-11H2,1H3. The van der Waals surface area contributed by atoms with Crippen LogP contribution in [0.1, 0.15) is 37.3 Å².